The molecule has 0 aromatic carbocycles. The van der Waals surface area contributed by atoms with Crippen LogP contribution in [0.4, 0.5) is 0 Å². The largest absolute Gasteiger partial charge is 0.366 e. The van der Waals surface area contributed by atoms with Crippen molar-refractivity contribution in [2.24, 2.45) is 5.73 Å². The summed E-state index contributed by atoms with van der Waals surface area (Å²) in [7, 11) is 0. The molecule has 0 aromatic heterocycles. The summed E-state index contributed by atoms with van der Waals surface area (Å²) in [6, 6.07) is 0. The van der Waals surface area contributed by atoms with E-state index in [-0.39, 0.29) is 5.91 Å². The molecule has 2 nitrogen and oxygen atoms in total. The van der Waals surface area contributed by atoms with Gasteiger partial charge in [0.1, 0.15) is 0 Å². The number of unbranched alkanes of at least 4 members (excludes halogenated alkanes) is 3. The normalized spacial score (nSPS) is 12.5. The molecule has 0 saturated heterocycles. The third kappa shape index (κ3) is 14.4. The van der Waals surface area contributed by atoms with E-state index in [4.69, 9.17) is 5.73 Å². The maximum Gasteiger partial charge on any atom is 0.241 e. The van der Waals surface area contributed by atoms with Gasteiger partial charge in [0.2, 0.25) is 5.91 Å². The van der Waals surface area contributed by atoms with E-state index in [9.17, 15) is 4.79 Å². The molecule has 2 N–H and O–H groups in total. The van der Waals surface area contributed by atoms with Gasteiger partial charge in [-0.3, -0.25) is 4.79 Å². The van der Waals surface area contributed by atoms with E-state index >= 15 is 0 Å². The lowest BCUT2D eigenvalue weighted by Crippen LogP contribution is -2.05. The fraction of sp³-hybridized carbons (Fsp3) is 0.438. The molecule has 0 saturated carbocycles. The zero-order valence-corrected chi connectivity index (χ0v) is 11.3. The Balaban J connectivity index is 3.35. The highest BCUT2D eigenvalue weighted by atomic mass is 16.1. The van der Waals surface area contributed by atoms with Crippen molar-refractivity contribution in [3.05, 3.63) is 48.6 Å². The first-order chi connectivity index (χ1) is 8.77. The van der Waals surface area contributed by atoms with Crippen LogP contribution in [0.3, 0.4) is 0 Å². The number of carbonyl (C=O) groups is 1. The molecular weight excluding hydrogens is 222 g/mol. The highest BCUT2D eigenvalue weighted by molar-refractivity contribution is 5.85. The molecule has 0 bridgehead atoms. The van der Waals surface area contributed by atoms with Crippen LogP contribution in [0.15, 0.2) is 48.6 Å². The Bertz CT molecular complexity index is 311. The van der Waals surface area contributed by atoms with Gasteiger partial charge in [0, 0.05) is 0 Å². The van der Waals surface area contributed by atoms with Gasteiger partial charge in [0.25, 0.3) is 0 Å². The van der Waals surface area contributed by atoms with Crippen LogP contribution < -0.4 is 5.73 Å². The maximum absolute atomic E-state index is 10.4. The van der Waals surface area contributed by atoms with Crippen LogP contribution in [-0.4, -0.2) is 5.91 Å². The third-order valence-corrected chi connectivity index (χ3v) is 2.35. The summed E-state index contributed by atoms with van der Waals surface area (Å²) < 4.78 is 0. The summed E-state index contributed by atoms with van der Waals surface area (Å²) in [6.45, 7) is 2.05. The Morgan fingerprint density at radius 2 is 1.17 bits per heavy atom. The minimum atomic E-state index is -0.373. The molecule has 0 fully saturated rings. The number of amides is 1. The van der Waals surface area contributed by atoms with E-state index in [1.165, 1.54) is 6.08 Å². The summed E-state index contributed by atoms with van der Waals surface area (Å²) in [5.74, 6) is -0.373. The number of allylic oxidation sites excluding steroid dienone is 7. The molecule has 2 heteroatoms. The summed E-state index contributed by atoms with van der Waals surface area (Å²) in [5, 5.41) is 0. The van der Waals surface area contributed by atoms with Crippen LogP contribution in [0.1, 0.15) is 45.4 Å². The lowest BCUT2D eigenvalue weighted by atomic mass is 10.2. The number of rotatable bonds is 10. The van der Waals surface area contributed by atoms with Gasteiger partial charge in [-0.05, 0) is 51.5 Å². The maximum atomic E-state index is 10.4. The Hall–Kier alpha value is -1.57. The molecule has 0 radical (unpaired) electrons. The van der Waals surface area contributed by atoms with Gasteiger partial charge >= 0.3 is 0 Å². The molecular formula is C16H25NO. The minimum Gasteiger partial charge on any atom is -0.366 e. The standard InChI is InChI=1S/C16H25NO/c1-2-3-4-5-6-7-8-9-10-11-12-13-14-15-16(17)18/h2-3,6-7,10-11,14-15H,4-5,8-9,12-13H2,1H3,(H2,17,18). The molecule has 0 rings (SSSR count). The van der Waals surface area contributed by atoms with Crippen LogP contribution >= 0.6 is 0 Å². The van der Waals surface area contributed by atoms with Gasteiger partial charge in [-0.15, -0.1) is 0 Å². The second-order valence-electron chi connectivity index (χ2n) is 4.05. The average Bonchev–Trinajstić information content (AvgIpc) is 2.34. The van der Waals surface area contributed by atoms with Crippen molar-refractivity contribution in [3.63, 3.8) is 0 Å². The molecule has 18 heavy (non-hydrogen) atoms. The molecule has 0 aliphatic carbocycles. The van der Waals surface area contributed by atoms with Crippen molar-refractivity contribution in [3.8, 4) is 0 Å². The monoisotopic (exact) mass is 247 g/mol. The molecule has 0 aliphatic heterocycles. The predicted octanol–water partition coefficient (Wildman–Crippen LogP) is 4.06. The van der Waals surface area contributed by atoms with Gasteiger partial charge in [0.15, 0.2) is 0 Å². The lowest BCUT2D eigenvalue weighted by molar-refractivity contribution is -0.113. The van der Waals surface area contributed by atoms with Crippen LogP contribution in [0.2, 0.25) is 0 Å². The average molecular weight is 247 g/mol. The SMILES string of the molecule is CC=CCCC=CCCC=CCCC=CC(N)=O. The zero-order valence-electron chi connectivity index (χ0n) is 11.3. The second-order valence-corrected chi connectivity index (χ2v) is 4.05. The smallest absolute Gasteiger partial charge is 0.241 e. The summed E-state index contributed by atoms with van der Waals surface area (Å²) in [5.41, 5.74) is 4.98. The van der Waals surface area contributed by atoms with Crippen LogP contribution in [0, 0.1) is 0 Å². The molecule has 0 atom stereocenters. The summed E-state index contributed by atoms with van der Waals surface area (Å²) in [6.07, 6.45) is 22.6. The van der Waals surface area contributed by atoms with Crippen molar-refractivity contribution < 1.29 is 4.79 Å². The third-order valence-electron chi connectivity index (χ3n) is 2.35. The molecule has 1 amide bonds. The topological polar surface area (TPSA) is 43.1 Å². The van der Waals surface area contributed by atoms with Crippen LogP contribution in [0.25, 0.3) is 0 Å². The molecule has 0 spiro atoms. The fourth-order valence-corrected chi connectivity index (χ4v) is 1.41. The first-order valence-electron chi connectivity index (χ1n) is 6.64. The Labute approximate surface area is 111 Å². The van der Waals surface area contributed by atoms with Gasteiger partial charge in [0.05, 0.1) is 0 Å². The molecule has 0 aromatic rings. The van der Waals surface area contributed by atoms with Gasteiger partial charge < -0.3 is 5.73 Å². The van der Waals surface area contributed by atoms with Crippen molar-refractivity contribution in [2.45, 2.75) is 45.4 Å². The highest BCUT2D eigenvalue weighted by Crippen LogP contribution is 1.99. The van der Waals surface area contributed by atoms with E-state index in [1.54, 1.807) is 0 Å². The first-order valence-corrected chi connectivity index (χ1v) is 6.64. The van der Waals surface area contributed by atoms with Crippen LogP contribution in [0.5, 0.6) is 0 Å². The number of nitrogens with two attached hydrogens (primary N) is 1. The number of hydrogen-bond donors (Lipinski definition) is 1. The van der Waals surface area contributed by atoms with E-state index in [2.05, 4.69) is 36.5 Å². The molecule has 100 valence electrons. The zero-order chi connectivity index (χ0) is 13.5. The predicted molar refractivity (Wildman–Crippen MR) is 79.1 cm³/mol. The number of carbonyl (C=O) groups excluding carboxylic acids is 1. The van der Waals surface area contributed by atoms with Gasteiger partial charge in [-0.2, -0.15) is 0 Å². The fourth-order valence-electron chi connectivity index (χ4n) is 1.41. The Morgan fingerprint density at radius 3 is 1.56 bits per heavy atom. The van der Waals surface area contributed by atoms with Crippen molar-refractivity contribution in [1.29, 1.82) is 0 Å². The van der Waals surface area contributed by atoms with Crippen molar-refractivity contribution in [1.82, 2.24) is 0 Å². The lowest BCUT2D eigenvalue weighted by Gasteiger charge is -1.89. The van der Waals surface area contributed by atoms with Crippen molar-refractivity contribution >= 4 is 5.91 Å². The van der Waals surface area contributed by atoms with Gasteiger partial charge in [-0.1, -0.05) is 42.5 Å². The van der Waals surface area contributed by atoms with Crippen molar-refractivity contribution in [2.75, 3.05) is 0 Å². The van der Waals surface area contributed by atoms with E-state index in [1.807, 2.05) is 13.0 Å². The van der Waals surface area contributed by atoms with E-state index < -0.39 is 0 Å². The second kappa shape index (κ2) is 13.5. The molecule has 0 unspecified atom stereocenters. The molecule has 0 heterocycles. The Morgan fingerprint density at radius 1 is 0.778 bits per heavy atom. The van der Waals surface area contributed by atoms with E-state index in [0.29, 0.717) is 0 Å². The van der Waals surface area contributed by atoms with Crippen LogP contribution in [-0.2, 0) is 4.79 Å². The van der Waals surface area contributed by atoms with E-state index in [0.717, 1.165) is 38.5 Å². The quantitative estimate of drug-likeness (QED) is 0.353. The number of primary amides is 1. The Kier molecular flexibility index (Phi) is 12.3. The molecule has 0 aliphatic rings. The van der Waals surface area contributed by atoms with Gasteiger partial charge in [-0.25, -0.2) is 0 Å². The highest BCUT2D eigenvalue weighted by Gasteiger charge is 1.82. The minimum absolute atomic E-state index is 0.373. The first kappa shape index (κ1) is 16.4. The summed E-state index contributed by atoms with van der Waals surface area (Å²) >= 11 is 0. The number of hydrogen-bond acceptors (Lipinski definition) is 1. The summed E-state index contributed by atoms with van der Waals surface area (Å²) in [4.78, 5) is 10.4.